The number of hydroxylamine groups is 2. The van der Waals surface area contributed by atoms with Gasteiger partial charge in [-0.3, -0.25) is 4.84 Å². The monoisotopic (exact) mass is 142 g/mol. The maximum absolute atomic E-state index is 8.18. The molecule has 10 heavy (non-hydrogen) atoms. The van der Waals surface area contributed by atoms with E-state index in [9.17, 15) is 0 Å². The molecule has 3 heteroatoms. The molecule has 0 aliphatic carbocycles. The van der Waals surface area contributed by atoms with Crippen molar-refractivity contribution in [1.29, 1.82) is 5.26 Å². The van der Waals surface area contributed by atoms with Crippen LogP contribution in [0.5, 0.6) is 0 Å². The van der Waals surface area contributed by atoms with Gasteiger partial charge in [0, 0.05) is 13.1 Å². The lowest BCUT2D eigenvalue weighted by molar-refractivity contribution is -0.150. The van der Waals surface area contributed by atoms with E-state index in [4.69, 9.17) is 10.1 Å². The Morgan fingerprint density at radius 1 is 1.40 bits per heavy atom. The van der Waals surface area contributed by atoms with Crippen molar-refractivity contribution in [3.05, 3.63) is 0 Å². The van der Waals surface area contributed by atoms with E-state index in [-0.39, 0.29) is 0 Å². The summed E-state index contributed by atoms with van der Waals surface area (Å²) in [5.74, 6) is 0. The molecule has 58 valence electrons. The number of nitrogens with zero attached hydrogens (tertiary/aromatic N) is 2. The van der Waals surface area contributed by atoms with Gasteiger partial charge in [-0.05, 0) is 0 Å². The van der Waals surface area contributed by atoms with Gasteiger partial charge in [0.05, 0.1) is 19.1 Å². The number of rotatable bonds is 5. The van der Waals surface area contributed by atoms with Crippen LogP contribution in [0.1, 0.15) is 20.3 Å². The fraction of sp³-hybridized carbons (Fsp3) is 0.857. The van der Waals surface area contributed by atoms with Crippen LogP contribution in [-0.2, 0) is 4.84 Å². The van der Waals surface area contributed by atoms with Crippen LogP contribution in [0, 0.1) is 11.3 Å². The lowest BCUT2D eigenvalue weighted by Gasteiger charge is -2.16. The van der Waals surface area contributed by atoms with E-state index in [1.165, 1.54) is 0 Å². The molecule has 0 fully saturated rings. The zero-order valence-electron chi connectivity index (χ0n) is 6.63. The smallest absolute Gasteiger partial charge is 0.0815 e. The first-order chi connectivity index (χ1) is 4.85. The van der Waals surface area contributed by atoms with Gasteiger partial charge in [0.25, 0.3) is 0 Å². The first-order valence-electron chi connectivity index (χ1n) is 3.60. The second-order valence-electron chi connectivity index (χ2n) is 1.86. The molecule has 0 amide bonds. The van der Waals surface area contributed by atoms with Crippen LogP contribution in [0.4, 0.5) is 0 Å². The number of hydrogen-bond acceptors (Lipinski definition) is 3. The second-order valence-corrected chi connectivity index (χ2v) is 1.86. The van der Waals surface area contributed by atoms with Crippen LogP contribution in [-0.4, -0.2) is 24.8 Å². The zero-order valence-corrected chi connectivity index (χ0v) is 6.63. The molecule has 0 aliphatic rings. The number of hydrogen-bond donors (Lipinski definition) is 0. The van der Waals surface area contributed by atoms with Crippen LogP contribution in [0.25, 0.3) is 0 Å². The molecule has 0 atom stereocenters. The Labute approximate surface area is 62.1 Å². The van der Waals surface area contributed by atoms with Crippen molar-refractivity contribution >= 4 is 0 Å². The summed E-state index contributed by atoms with van der Waals surface area (Å²) in [5.41, 5.74) is 0. The molecule has 0 unspecified atom stereocenters. The van der Waals surface area contributed by atoms with Crippen molar-refractivity contribution in [1.82, 2.24) is 5.06 Å². The predicted octanol–water partition coefficient (Wildman–Crippen LogP) is 1.17. The number of nitriles is 1. The normalized spacial score (nSPS) is 9.80. The molecular weight excluding hydrogens is 128 g/mol. The van der Waals surface area contributed by atoms with Gasteiger partial charge in [-0.25, -0.2) is 0 Å². The Kier molecular flexibility index (Phi) is 6.14. The van der Waals surface area contributed by atoms with E-state index in [0.29, 0.717) is 13.0 Å². The van der Waals surface area contributed by atoms with Crippen molar-refractivity contribution in [2.45, 2.75) is 20.3 Å². The maximum atomic E-state index is 8.18. The maximum Gasteiger partial charge on any atom is 0.0815 e. The minimum absolute atomic E-state index is 0.469. The van der Waals surface area contributed by atoms with Gasteiger partial charge in [-0.15, -0.1) is 0 Å². The second kappa shape index (κ2) is 6.53. The molecule has 0 spiro atoms. The highest BCUT2D eigenvalue weighted by Gasteiger charge is 1.96. The quantitative estimate of drug-likeness (QED) is 0.427. The van der Waals surface area contributed by atoms with Gasteiger partial charge in [-0.1, -0.05) is 13.8 Å². The van der Waals surface area contributed by atoms with Crippen LogP contribution in [0.3, 0.4) is 0 Å². The van der Waals surface area contributed by atoms with Gasteiger partial charge in [0.15, 0.2) is 0 Å². The Morgan fingerprint density at radius 2 is 2.00 bits per heavy atom. The minimum atomic E-state index is 0.469. The highest BCUT2D eigenvalue weighted by molar-refractivity contribution is 4.66. The molecule has 0 rings (SSSR count). The molecule has 0 heterocycles. The Bertz CT molecular complexity index is 105. The fourth-order valence-electron chi connectivity index (χ4n) is 0.627. The summed E-state index contributed by atoms with van der Waals surface area (Å²) in [4.78, 5) is 5.19. The largest absolute Gasteiger partial charge is 0.298 e. The van der Waals surface area contributed by atoms with Gasteiger partial charge in [-0.2, -0.15) is 10.3 Å². The van der Waals surface area contributed by atoms with Crippen molar-refractivity contribution < 1.29 is 4.84 Å². The van der Waals surface area contributed by atoms with Gasteiger partial charge in [0.2, 0.25) is 0 Å². The summed E-state index contributed by atoms with van der Waals surface area (Å²) < 4.78 is 0. The highest BCUT2D eigenvalue weighted by Crippen LogP contribution is 1.89. The molecular formula is C7H14N2O. The average Bonchev–Trinajstić information content (AvgIpc) is 1.99. The van der Waals surface area contributed by atoms with E-state index in [0.717, 1.165) is 13.1 Å². The summed E-state index contributed by atoms with van der Waals surface area (Å²) in [6, 6.07) is 2.02. The molecule has 0 aromatic heterocycles. The molecule has 0 aliphatic heterocycles. The standard InChI is InChI=1S/C7H14N2O/c1-3-9(4-2)10-7-5-6-8/h3-5,7H2,1-2H3. The molecule has 0 saturated heterocycles. The van der Waals surface area contributed by atoms with E-state index in [1.807, 2.05) is 25.0 Å². The summed E-state index contributed by atoms with van der Waals surface area (Å²) in [5, 5.41) is 10.0. The lowest BCUT2D eigenvalue weighted by atomic mass is 10.5. The Hall–Kier alpha value is -0.590. The first kappa shape index (κ1) is 9.41. The van der Waals surface area contributed by atoms with Crippen LogP contribution < -0.4 is 0 Å². The molecule has 0 N–H and O–H groups in total. The fourth-order valence-corrected chi connectivity index (χ4v) is 0.627. The first-order valence-corrected chi connectivity index (χ1v) is 3.60. The molecule has 0 radical (unpaired) electrons. The van der Waals surface area contributed by atoms with E-state index in [2.05, 4.69) is 0 Å². The summed E-state index contributed by atoms with van der Waals surface area (Å²) >= 11 is 0. The summed E-state index contributed by atoms with van der Waals surface area (Å²) in [6.07, 6.45) is 0.469. The Balaban J connectivity index is 3.19. The van der Waals surface area contributed by atoms with Crippen LogP contribution >= 0.6 is 0 Å². The van der Waals surface area contributed by atoms with Crippen molar-refractivity contribution in [3.8, 4) is 6.07 Å². The van der Waals surface area contributed by atoms with Crippen LogP contribution in [0.15, 0.2) is 0 Å². The van der Waals surface area contributed by atoms with Crippen LogP contribution in [0.2, 0.25) is 0 Å². The third kappa shape index (κ3) is 4.30. The zero-order chi connectivity index (χ0) is 7.82. The highest BCUT2D eigenvalue weighted by atomic mass is 16.7. The van der Waals surface area contributed by atoms with Gasteiger partial charge >= 0.3 is 0 Å². The average molecular weight is 142 g/mol. The lowest BCUT2D eigenvalue weighted by Crippen LogP contribution is -2.23. The van der Waals surface area contributed by atoms with Gasteiger partial charge in [0.1, 0.15) is 0 Å². The third-order valence-electron chi connectivity index (χ3n) is 1.19. The van der Waals surface area contributed by atoms with Crippen molar-refractivity contribution in [2.75, 3.05) is 19.7 Å². The molecule has 0 aromatic carbocycles. The minimum Gasteiger partial charge on any atom is -0.298 e. The van der Waals surface area contributed by atoms with E-state index in [1.54, 1.807) is 0 Å². The van der Waals surface area contributed by atoms with Gasteiger partial charge < -0.3 is 0 Å². The topological polar surface area (TPSA) is 36.3 Å². The predicted molar refractivity (Wildman–Crippen MR) is 39.1 cm³/mol. The SMILES string of the molecule is CCN(CC)OCCC#N. The van der Waals surface area contributed by atoms with Crippen molar-refractivity contribution in [3.63, 3.8) is 0 Å². The molecule has 0 aromatic rings. The van der Waals surface area contributed by atoms with Crippen molar-refractivity contribution in [2.24, 2.45) is 0 Å². The molecule has 3 nitrogen and oxygen atoms in total. The molecule has 0 saturated carbocycles. The summed E-state index contributed by atoms with van der Waals surface area (Å²) in [6.45, 7) is 6.31. The molecule has 0 bridgehead atoms. The summed E-state index contributed by atoms with van der Waals surface area (Å²) in [7, 11) is 0. The van der Waals surface area contributed by atoms with E-state index >= 15 is 0 Å². The Morgan fingerprint density at radius 3 is 2.40 bits per heavy atom. The third-order valence-corrected chi connectivity index (χ3v) is 1.19. The van der Waals surface area contributed by atoms with E-state index < -0.39 is 0 Å².